The molecular weight excluding hydrogens is 305 g/mol. The molecule has 0 aromatic rings. The molecule has 2 amide bonds. The molecule has 0 fully saturated rings. The van der Waals surface area contributed by atoms with Crippen LogP contribution in [0.3, 0.4) is 0 Å². The number of hydrogen-bond acceptors (Lipinski definition) is 2. The van der Waals surface area contributed by atoms with Gasteiger partial charge in [0.1, 0.15) is 0 Å². The maximum Gasteiger partial charge on any atom is 0.258 e. The molecule has 0 spiro atoms. The van der Waals surface area contributed by atoms with E-state index in [1.54, 1.807) is 16.2 Å². The Bertz CT molecular complexity index is 373. The number of nitrogens with zero attached hydrogens (tertiary/aromatic N) is 1. The number of carbonyl (C=O) groups is 2. The third-order valence-electron chi connectivity index (χ3n) is 1.75. The fraction of sp³-hybridized carbons (Fsp3) is 0.0909. The van der Waals surface area contributed by atoms with E-state index in [0.717, 1.165) is 4.90 Å². The molecule has 1 heterocycles. The van der Waals surface area contributed by atoms with E-state index < -0.39 is 0 Å². The molecule has 0 aromatic carbocycles. The molecule has 0 aromatic heterocycles. The highest BCUT2D eigenvalue weighted by Crippen LogP contribution is 2.15. The van der Waals surface area contributed by atoms with Crippen LogP contribution in [0.15, 0.2) is 46.2 Å². The van der Waals surface area contributed by atoms with Gasteiger partial charge in [0.25, 0.3) is 11.8 Å². The summed E-state index contributed by atoms with van der Waals surface area (Å²) >= 11 is 2.00. The van der Waals surface area contributed by atoms with Gasteiger partial charge in [0.2, 0.25) is 0 Å². The van der Waals surface area contributed by atoms with Crippen molar-refractivity contribution in [2.45, 2.75) is 6.92 Å². The Morgan fingerprint density at radius 1 is 1.27 bits per heavy atom. The highest BCUT2D eigenvalue weighted by atomic mass is 127. The van der Waals surface area contributed by atoms with E-state index >= 15 is 0 Å². The number of imide groups is 1. The first-order valence-electron chi connectivity index (χ1n) is 4.36. The Balaban J connectivity index is 2.85. The Labute approximate surface area is 102 Å². The minimum Gasteiger partial charge on any atom is -0.269 e. The van der Waals surface area contributed by atoms with Gasteiger partial charge >= 0.3 is 0 Å². The molecule has 1 rings (SSSR count). The van der Waals surface area contributed by atoms with E-state index in [4.69, 9.17) is 0 Å². The van der Waals surface area contributed by atoms with Crippen molar-refractivity contribution in [1.29, 1.82) is 0 Å². The Morgan fingerprint density at radius 2 is 1.87 bits per heavy atom. The van der Waals surface area contributed by atoms with Crippen molar-refractivity contribution in [3.63, 3.8) is 0 Å². The van der Waals surface area contributed by atoms with Crippen LogP contribution >= 0.6 is 22.6 Å². The van der Waals surface area contributed by atoms with Crippen molar-refractivity contribution in [3.8, 4) is 0 Å². The van der Waals surface area contributed by atoms with Crippen molar-refractivity contribution in [2.24, 2.45) is 0 Å². The van der Waals surface area contributed by atoms with Crippen LogP contribution in [0.2, 0.25) is 0 Å². The van der Waals surface area contributed by atoms with Crippen molar-refractivity contribution in [1.82, 2.24) is 4.90 Å². The lowest BCUT2D eigenvalue weighted by molar-refractivity contribution is -0.134. The summed E-state index contributed by atoms with van der Waals surface area (Å²) in [6, 6.07) is 0. The molecule has 0 saturated carbocycles. The first kappa shape index (κ1) is 11.9. The normalized spacial score (nSPS) is 17.7. The van der Waals surface area contributed by atoms with Crippen LogP contribution in [-0.4, -0.2) is 16.7 Å². The summed E-state index contributed by atoms with van der Waals surface area (Å²) in [5, 5.41) is 0. The van der Waals surface area contributed by atoms with Gasteiger partial charge in [0, 0.05) is 16.2 Å². The van der Waals surface area contributed by atoms with Crippen LogP contribution in [0.4, 0.5) is 0 Å². The van der Waals surface area contributed by atoms with Crippen molar-refractivity contribution < 1.29 is 9.59 Å². The zero-order chi connectivity index (χ0) is 11.3. The Kier molecular flexibility index (Phi) is 4.48. The average molecular weight is 315 g/mol. The molecule has 0 N–H and O–H groups in total. The zero-order valence-electron chi connectivity index (χ0n) is 8.18. The molecule has 0 aliphatic carbocycles. The summed E-state index contributed by atoms with van der Waals surface area (Å²) in [4.78, 5) is 23.8. The lowest BCUT2D eigenvalue weighted by Crippen LogP contribution is -2.28. The molecule has 0 bridgehead atoms. The molecule has 15 heavy (non-hydrogen) atoms. The van der Waals surface area contributed by atoms with E-state index in [2.05, 4.69) is 0 Å². The molecule has 1 aliphatic heterocycles. The zero-order valence-corrected chi connectivity index (χ0v) is 10.3. The van der Waals surface area contributed by atoms with Crippen LogP contribution < -0.4 is 0 Å². The average Bonchev–Trinajstić information content (AvgIpc) is 2.55. The minimum atomic E-state index is -0.298. The van der Waals surface area contributed by atoms with E-state index in [-0.39, 0.29) is 11.8 Å². The predicted molar refractivity (Wildman–Crippen MR) is 67.1 cm³/mol. The molecule has 4 heteroatoms. The molecule has 3 nitrogen and oxygen atoms in total. The first-order chi connectivity index (χ1) is 7.20. The van der Waals surface area contributed by atoms with Gasteiger partial charge < -0.3 is 0 Å². The highest BCUT2D eigenvalue weighted by molar-refractivity contribution is 14.1. The van der Waals surface area contributed by atoms with E-state index in [0.29, 0.717) is 5.70 Å². The van der Waals surface area contributed by atoms with Crippen LogP contribution in [0.25, 0.3) is 0 Å². The van der Waals surface area contributed by atoms with Crippen LogP contribution in [0, 0.1) is 0 Å². The van der Waals surface area contributed by atoms with Gasteiger partial charge in [-0.2, -0.15) is 0 Å². The fourth-order valence-electron chi connectivity index (χ4n) is 1.08. The second kappa shape index (κ2) is 5.65. The smallest absolute Gasteiger partial charge is 0.258 e. The predicted octanol–water partition coefficient (Wildman–Crippen LogP) is 2.32. The van der Waals surface area contributed by atoms with Gasteiger partial charge in [-0.1, -0.05) is 40.8 Å². The second-order valence-corrected chi connectivity index (χ2v) is 3.39. The summed E-state index contributed by atoms with van der Waals surface area (Å²) in [5.74, 6) is -0.596. The van der Waals surface area contributed by atoms with E-state index in [9.17, 15) is 9.59 Å². The standard InChI is InChI=1S/C11H10INO2/c1-2-3-4-5-9(8-12)13-10(14)6-7-11(13)15/h2-8H,1H3/b3-2+,5-4-,9-8+. The molecule has 0 unspecified atom stereocenters. The molecule has 78 valence electrons. The van der Waals surface area contributed by atoms with Crippen molar-refractivity contribution >= 4 is 34.4 Å². The second-order valence-electron chi connectivity index (χ2n) is 2.76. The van der Waals surface area contributed by atoms with Crippen LogP contribution in [0.5, 0.6) is 0 Å². The van der Waals surface area contributed by atoms with Crippen molar-refractivity contribution in [3.05, 3.63) is 46.2 Å². The van der Waals surface area contributed by atoms with Gasteiger partial charge in [-0.3, -0.25) is 9.59 Å². The van der Waals surface area contributed by atoms with Crippen LogP contribution in [0.1, 0.15) is 6.92 Å². The summed E-state index contributed by atoms with van der Waals surface area (Å²) < 4.78 is 1.69. The highest BCUT2D eigenvalue weighted by Gasteiger charge is 2.25. The van der Waals surface area contributed by atoms with E-state index in [1.807, 2.05) is 41.7 Å². The van der Waals surface area contributed by atoms with Gasteiger partial charge in [-0.15, -0.1) is 0 Å². The first-order valence-corrected chi connectivity index (χ1v) is 5.61. The third-order valence-corrected chi connectivity index (χ3v) is 2.39. The minimum absolute atomic E-state index is 0.298. The largest absolute Gasteiger partial charge is 0.269 e. The summed E-state index contributed by atoms with van der Waals surface area (Å²) in [6.45, 7) is 1.89. The SMILES string of the molecule is C/C=C/C=C\C(=C/I)N1C(=O)C=CC1=O. The van der Waals surface area contributed by atoms with Gasteiger partial charge in [0.15, 0.2) is 0 Å². The number of halogens is 1. The maximum absolute atomic E-state index is 11.3. The van der Waals surface area contributed by atoms with Gasteiger partial charge in [-0.05, 0) is 13.0 Å². The number of carbonyl (C=O) groups excluding carboxylic acids is 2. The number of amides is 2. The molecular formula is C11H10INO2. The number of rotatable bonds is 3. The lowest BCUT2D eigenvalue weighted by atomic mass is 10.3. The van der Waals surface area contributed by atoms with Crippen molar-refractivity contribution in [2.75, 3.05) is 0 Å². The Morgan fingerprint density at radius 3 is 2.33 bits per heavy atom. The maximum atomic E-state index is 11.3. The molecule has 0 radical (unpaired) electrons. The molecule has 1 aliphatic rings. The Hall–Kier alpha value is -1.17. The van der Waals surface area contributed by atoms with Gasteiger partial charge in [-0.25, -0.2) is 4.90 Å². The third kappa shape index (κ3) is 2.89. The summed E-state index contributed by atoms with van der Waals surface area (Å²) in [7, 11) is 0. The number of hydrogen-bond donors (Lipinski definition) is 0. The fourth-order valence-corrected chi connectivity index (χ4v) is 1.57. The summed E-state index contributed by atoms with van der Waals surface area (Å²) in [6.07, 6.45) is 9.74. The quantitative estimate of drug-likeness (QED) is 0.455. The monoisotopic (exact) mass is 315 g/mol. The molecule has 0 atom stereocenters. The topological polar surface area (TPSA) is 37.4 Å². The molecule has 0 saturated heterocycles. The number of allylic oxidation sites excluding steroid dienone is 4. The van der Waals surface area contributed by atoms with E-state index in [1.165, 1.54) is 12.2 Å². The summed E-state index contributed by atoms with van der Waals surface area (Å²) in [5.41, 5.74) is 0.578. The van der Waals surface area contributed by atoms with Gasteiger partial charge in [0.05, 0.1) is 5.70 Å². The lowest BCUT2D eigenvalue weighted by Gasteiger charge is -2.13. The van der Waals surface area contributed by atoms with Crippen LogP contribution in [-0.2, 0) is 9.59 Å².